The van der Waals surface area contributed by atoms with Crippen LogP contribution in [0.1, 0.15) is 31.4 Å². The number of ether oxygens (including phenoxy) is 1. The van der Waals surface area contributed by atoms with E-state index in [1.165, 1.54) is 0 Å². The van der Waals surface area contributed by atoms with Gasteiger partial charge >= 0.3 is 0 Å². The van der Waals surface area contributed by atoms with Crippen LogP contribution in [0.15, 0.2) is 60.9 Å². The van der Waals surface area contributed by atoms with Gasteiger partial charge in [0, 0.05) is 42.2 Å². The average molecular weight is 472 g/mol. The van der Waals surface area contributed by atoms with Crippen LogP contribution >= 0.6 is 11.6 Å². The highest BCUT2D eigenvalue weighted by Gasteiger charge is 2.32. The largest absolute Gasteiger partial charge is 0.439 e. The molecule has 170 valence electrons. The number of likely N-dealkylation sites (tertiary alicyclic amines) is 1. The maximum absolute atomic E-state index is 12.6. The monoisotopic (exact) mass is 471 g/mol. The summed E-state index contributed by atoms with van der Waals surface area (Å²) in [5.74, 6) is 6.62. The molecular weight excluding hydrogens is 450 g/mol. The van der Waals surface area contributed by atoms with Crippen LogP contribution in [-0.2, 0) is 4.79 Å². The molecule has 5 rings (SSSR count). The van der Waals surface area contributed by atoms with Crippen LogP contribution in [0.4, 0.5) is 5.95 Å². The summed E-state index contributed by atoms with van der Waals surface area (Å²) in [5, 5.41) is 0.499. The minimum Gasteiger partial charge on any atom is -0.439 e. The summed E-state index contributed by atoms with van der Waals surface area (Å²) in [4.78, 5) is 22.9. The van der Waals surface area contributed by atoms with E-state index in [1.54, 1.807) is 31.5 Å². The lowest BCUT2D eigenvalue weighted by Gasteiger charge is -2.22. The first kappa shape index (κ1) is 21.8. The van der Waals surface area contributed by atoms with Gasteiger partial charge in [0.2, 0.25) is 11.8 Å². The van der Waals surface area contributed by atoms with E-state index in [1.807, 2.05) is 45.7 Å². The van der Waals surface area contributed by atoms with Crippen LogP contribution in [0, 0.1) is 11.8 Å². The zero-order valence-corrected chi connectivity index (χ0v) is 19.3. The lowest BCUT2D eigenvalue weighted by Crippen LogP contribution is -2.29. The molecule has 7 nitrogen and oxygen atoms in total. The highest BCUT2D eigenvalue weighted by Crippen LogP contribution is 2.41. The summed E-state index contributed by atoms with van der Waals surface area (Å²) in [6.07, 6.45) is 5.10. The number of halogens is 1. The number of anilines is 1. The number of hydrogen-bond donors (Lipinski definition) is 1. The lowest BCUT2D eigenvalue weighted by atomic mass is 10.0. The maximum atomic E-state index is 12.6. The minimum atomic E-state index is -0.165. The Morgan fingerprint density at radius 3 is 2.82 bits per heavy atom. The fraction of sp³-hybridized carbons (Fsp3) is 0.192. The summed E-state index contributed by atoms with van der Waals surface area (Å²) < 4.78 is 7.69. The molecule has 1 aromatic carbocycles. The summed E-state index contributed by atoms with van der Waals surface area (Å²) in [5.41, 5.74) is 9.77. The fourth-order valence-electron chi connectivity index (χ4n) is 4.48. The molecule has 4 aromatic rings. The second-order valence-corrected chi connectivity index (χ2v) is 8.36. The van der Waals surface area contributed by atoms with Gasteiger partial charge in [0.15, 0.2) is 0 Å². The molecule has 1 saturated heterocycles. The summed E-state index contributed by atoms with van der Waals surface area (Å²) >= 11 is 6.71. The molecule has 1 atom stereocenters. The Labute approximate surface area is 202 Å². The number of carbonyl (C=O) groups excluding carboxylic acids is 1. The van der Waals surface area contributed by atoms with Crippen molar-refractivity contribution in [3.05, 3.63) is 71.5 Å². The molecule has 3 aromatic heterocycles. The Hall–Kier alpha value is -4.02. The van der Waals surface area contributed by atoms with Crippen molar-refractivity contribution in [3.8, 4) is 34.7 Å². The first-order valence-corrected chi connectivity index (χ1v) is 11.3. The zero-order chi connectivity index (χ0) is 23.7. The van der Waals surface area contributed by atoms with Crippen molar-refractivity contribution in [3.63, 3.8) is 0 Å². The molecule has 1 amide bonds. The van der Waals surface area contributed by atoms with E-state index in [9.17, 15) is 4.79 Å². The third kappa shape index (κ3) is 3.93. The molecule has 4 heterocycles. The quantitative estimate of drug-likeness (QED) is 0.418. The van der Waals surface area contributed by atoms with Crippen molar-refractivity contribution >= 4 is 29.0 Å². The molecule has 1 aliphatic heterocycles. The van der Waals surface area contributed by atoms with Crippen LogP contribution in [-0.4, -0.2) is 31.7 Å². The molecule has 0 bridgehead atoms. The number of fused-ring (bicyclic) bond motifs is 1. The lowest BCUT2D eigenvalue weighted by molar-refractivity contribution is -0.125. The predicted molar refractivity (Wildman–Crippen MR) is 131 cm³/mol. The topological polar surface area (TPSA) is 85.8 Å². The highest BCUT2D eigenvalue weighted by atomic mass is 35.5. The van der Waals surface area contributed by atoms with Gasteiger partial charge in [0.05, 0.1) is 22.3 Å². The second-order valence-electron chi connectivity index (χ2n) is 7.95. The van der Waals surface area contributed by atoms with E-state index in [0.717, 1.165) is 35.2 Å². The van der Waals surface area contributed by atoms with Crippen molar-refractivity contribution in [1.82, 2.24) is 19.3 Å². The van der Waals surface area contributed by atoms with Gasteiger partial charge in [-0.15, -0.1) is 0 Å². The van der Waals surface area contributed by atoms with E-state index >= 15 is 0 Å². The van der Waals surface area contributed by atoms with Crippen LogP contribution in [0.3, 0.4) is 0 Å². The third-order valence-corrected chi connectivity index (χ3v) is 6.23. The van der Waals surface area contributed by atoms with E-state index in [2.05, 4.69) is 21.8 Å². The van der Waals surface area contributed by atoms with Gasteiger partial charge in [-0.1, -0.05) is 23.6 Å². The van der Waals surface area contributed by atoms with Gasteiger partial charge in [-0.05, 0) is 56.0 Å². The van der Waals surface area contributed by atoms with Gasteiger partial charge in [0.1, 0.15) is 5.75 Å². The van der Waals surface area contributed by atoms with Crippen molar-refractivity contribution in [1.29, 1.82) is 0 Å². The van der Waals surface area contributed by atoms with Crippen LogP contribution in [0.25, 0.3) is 16.8 Å². The van der Waals surface area contributed by atoms with E-state index in [0.29, 0.717) is 29.1 Å². The number of nitrogens with two attached hydrogens (primary N) is 1. The van der Waals surface area contributed by atoms with Gasteiger partial charge in [-0.2, -0.15) is 0 Å². The van der Waals surface area contributed by atoms with Crippen molar-refractivity contribution < 1.29 is 9.53 Å². The number of pyridine rings is 1. The number of amides is 1. The molecule has 0 spiro atoms. The van der Waals surface area contributed by atoms with E-state index < -0.39 is 0 Å². The molecular formula is C26H22ClN5O2. The van der Waals surface area contributed by atoms with Crippen LogP contribution in [0.2, 0.25) is 5.02 Å². The number of aromatic nitrogens is 3. The fourth-order valence-corrected chi connectivity index (χ4v) is 4.74. The summed E-state index contributed by atoms with van der Waals surface area (Å²) in [7, 11) is 0. The van der Waals surface area contributed by atoms with Crippen molar-refractivity contribution in [2.45, 2.75) is 25.8 Å². The number of hydrogen-bond acceptors (Lipinski definition) is 5. The predicted octanol–water partition coefficient (Wildman–Crippen LogP) is 5.11. The molecule has 0 saturated carbocycles. The van der Waals surface area contributed by atoms with Gasteiger partial charge in [-0.25, -0.2) is 9.97 Å². The standard InChI is InChI=1S/C26H22ClN5O2/c1-2-6-25(33)31-14-5-7-21(31)19-16-23(32-22(19)11-13-30-26(32)28)18-10-9-17(15-20(18)27)34-24-8-3-4-12-29-24/h3-4,8-13,15-16,21H,5,7,14H2,1H3,(H2,28,30). The van der Waals surface area contributed by atoms with Gasteiger partial charge < -0.3 is 15.4 Å². The molecule has 0 radical (unpaired) electrons. The summed E-state index contributed by atoms with van der Waals surface area (Å²) in [6, 6.07) is 14.8. The highest BCUT2D eigenvalue weighted by molar-refractivity contribution is 6.33. The molecule has 0 aliphatic carbocycles. The average Bonchev–Trinajstić information content (AvgIpc) is 3.46. The number of benzene rings is 1. The Balaban J connectivity index is 1.58. The van der Waals surface area contributed by atoms with E-state index in [-0.39, 0.29) is 11.9 Å². The number of nitrogens with zero attached hydrogens (tertiary/aromatic N) is 4. The zero-order valence-electron chi connectivity index (χ0n) is 18.5. The van der Waals surface area contributed by atoms with Crippen molar-refractivity contribution in [2.75, 3.05) is 12.3 Å². The maximum Gasteiger partial charge on any atom is 0.298 e. The smallest absolute Gasteiger partial charge is 0.298 e. The Bertz CT molecular complexity index is 1440. The second kappa shape index (κ2) is 9.08. The number of rotatable bonds is 4. The van der Waals surface area contributed by atoms with E-state index in [4.69, 9.17) is 22.1 Å². The molecule has 34 heavy (non-hydrogen) atoms. The number of carbonyl (C=O) groups is 1. The Morgan fingerprint density at radius 1 is 1.18 bits per heavy atom. The first-order chi connectivity index (χ1) is 16.6. The normalized spacial score (nSPS) is 15.2. The van der Waals surface area contributed by atoms with Crippen LogP contribution in [0.5, 0.6) is 11.6 Å². The van der Waals surface area contributed by atoms with Crippen LogP contribution < -0.4 is 10.5 Å². The Kier molecular flexibility index (Phi) is 5.83. The Morgan fingerprint density at radius 2 is 2.06 bits per heavy atom. The van der Waals surface area contributed by atoms with Gasteiger partial charge in [0.25, 0.3) is 5.91 Å². The van der Waals surface area contributed by atoms with Crippen molar-refractivity contribution in [2.24, 2.45) is 0 Å². The minimum absolute atomic E-state index is 0.0931. The molecule has 1 fully saturated rings. The molecule has 1 unspecified atom stereocenters. The number of nitrogen functional groups attached to an aromatic ring is 1. The van der Waals surface area contributed by atoms with Gasteiger partial charge in [-0.3, -0.25) is 9.20 Å². The third-order valence-electron chi connectivity index (χ3n) is 5.92. The molecule has 8 heteroatoms. The molecule has 2 N–H and O–H groups in total. The first-order valence-electron chi connectivity index (χ1n) is 10.9. The SMILES string of the molecule is CC#CC(=O)N1CCCC1c1cc(-c2ccc(Oc3ccccn3)cc2Cl)n2c(N)nccc12. The molecule has 1 aliphatic rings. The summed E-state index contributed by atoms with van der Waals surface area (Å²) in [6.45, 7) is 2.34.